The maximum Gasteiger partial charge on any atom is 0.119 e. The second kappa shape index (κ2) is 6.00. The SMILES string of the molecule is CC(C)(C)c1cccc(OCCc2ccc(N)cc2)c1. The van der Waals surface area contributed by atoms with Crippen LogP contribution in [0.3, 0.4) is 0 Å². The molecule has 0 radical (unpaired) electrons. The summed E-state index contributed by atoms with van der Waals surface area (Å²) in [5.41, 5.74) is 9.16. The van der Waals surface area contributed by atoms with Gasteiger partial charge >= 0.3 is 0 Å². The lowest BCUT2D eigenvalue weighted by molar-refractivity contribution is 0.321. The molecular formula is C18H23NO. The molecular weight excluding hydrogens is 246 g/mol. The van der Waals surface area contributed by atoms with Gasteiger partial charge in [-0.05, 0) is 40.8 Å². The van der Waals surface area contributed by atoms with Crippen molar-refractivity contribution in [2.75, 3.05) is 12.3 Å². The zero-order chi connectivity index (χ0) is 14.6. The summed E-state index contributed by atoms with van der Waals surface area (Å²) in [6.45, 7) is 7.30. The molecule has 0 saturated carbocycles. The molecule has 0 heterocycles. The summed E-state index contributed by atoms with van der Waals surface area (Å²) < 4.78 is 5.84. The van der Waals surface area contributed by atoms with Gasteiger partial charge in [-0.15, -0.1) is 0 Å². The summed E-state index contributed by atoms with van der Waals surface area (Å²) in [5, 5.41) is 0. The Morgan fingerprint density at radius 2 is 1.70 bits per heavy atom. The van der Waals surface area contributed by atoms with E-state index in [1.165, 1.54) is 11.1 Å². The van der Waals surface area contributed by atoms with Gasteiger partial charge in [-0.25, -0.2) is 0 Å². The monoisotopic (exact) mass is 269 g/mol. The van der Waals surface area contributed by atoms with E-state index in [4.69, 9.17) is 10.5 Å². The first-order chi connectivity index (χ1) is 9.45. The van der Waals surface area contributed by atoms with Gasteiger partial charge in [-0.1, -0.05) is 45.0 Å². The van der Waals surface area contributed by atoms with Crippen molar-refractivity contribution in [3.63, 3.8) is 0 Å². The van der Waals surface area contributed by atoms with Gasteiger partial charge in [0, 0.05) is 12.1 Å². The fraction of sp³-hybridized carbons (Fsp3) is 0.333. The van der Waals surface area contributed by atoms with Crippen LogP contribution in [0.1, 0.15) is 31.9 Å². The number of hydrogen-bond acceptors (Lipinski definition) is 2. The second-order valence-corrected chi connectivity index (χ2v) is 6.12. The highest BCUT2D eigenvalue weighted by molar-refractivity contribution is 5.39. The van der Waals surface area contributed by atoms with Crippen LogP contribution in [0, 0.1) is 0 Å². The molecule has 0 aliphatic carbocycles. The largest absolute Gasteiger partial charge is 0.493 e. The molecule has 0 spiro atoms. The van der Waals surface area contributed by atoms with E-state index in [2.05, 4.69) is 39.0 Å². The van der Waals surface area contributed by atoms with Crippen LogP contribution in [0.15, 0.2) is 48.5 Å². The maximum atomic E-state index is 5.84. The molecule has 20 heavy (non-hydrogen) atoms. The summed E-state index contributed by atoms with van der Waals surface area (Å²) in [4.78, 5) is 0. The molecule has 0 amide bonds. The molecule has 106 valence electrons. The standard InChI is InChI=1S/C18H23NO/c1-18(2,3)15-5-4-6-17(13-15)20-12-11-14-7-9-16(19)10-8-14/h4-10,13H,11-12,19H2,1-3H3. The third kappa shape index (κ3) is 4.02. The lowest BCUT2D eigenvalue weighted by Crippen LogP contribution is -2.11. The van der Waals surface area contributed by atoms with E-state index in [-0.39, 0.29) is 5.41 Å². The molecule has 0 bridgehead atoms. The van der Waals surface area contributed by atoms with Gasteiger partial charge in [0.05, 0.1) is 6.61 Å². The minimum Gasteiger partial charge on any atom is -0.493 e. The fourth-order valence-electron chi connectivity index (χ4n) is 2.02. The van der Waals surface area contributed by atoms with Gasteiger partial charge < -0.3 is 10.5 Å². The van der Waals surface area contributed by atoms with Crippen LogP contribution in [0.4, 0.5) is 5.69 Å². The first-order valence-corrected chi connectivity index (χ1v) is 7.03. The summed E-state index contributed by atoms with van der Waals surface area (Å²) >= 11 is 0. The molecule has 2 aromatic carbocycles. The molecule has 2 nitrogen and oxygen atoms in total. The zero-order valence-corrected chi connectivity index (χ0v) is 12.5. The molecule has 0 saturated heterocycles. The van der Waals surface area contributed by atoms with E-state index in [9.17, 15) is 0 Å². The quantitative estimate of drug-likeness (QED) is 0.845. The van der Waals surface area contributed by atoms with Gasteiger partial charge in [0.1, 0.15) is 5.75 Å². The van der Waals surface area contributed by atoms with Crippen molar-refractivity contribution in [2.45, 2.75) is 32.6 Å². The van der Waals surface area contributed by atoms with Crippen LogP contribution in [0.5, 0.6) is 5.75 Å². The molecule has 0 aliphatic rings. The van der Waals surface area contributed by atoms with Crippen LogP contribution in [0.2, 0.25) is 0 Å². The first kappa shape index (κ1) is 14.4. The van der Waals surface area contributed by atoms with Gasteiger partial charge in [0.2, 0.25) is 0 Å². The van der Waals surface area contributed by atoms with Crippen LogP contribution in [-0.4, -0.2) is 6.61 Å². The Hall–Kier alpha value is -1.96. The normalized spacial score (nSPS) is 11.3. The van der Waals surface area contributed by atoms with E-state index in [1.807, 2.05) is 30.3 Å². The van der Waals surface area contributed by atoms with E-state index in [0.717, 1.165) is 17.9 Å². The minimum absolute atomic E-state index is 0.149. The average molecular weight is 269 g/mol. The summed E-state index contributed by atoms with van der Waals surface area (Å²) in [6.07, 6.45) is 0.889. The number of rotatable bonds is 4. The summed E-state index contributed by atoms with van der Waals surface area (Å²) in [5.74, 6) is 0.938. The molecule has 0 atom stereocenters. The Labute approximate surface area is 121 Å². The van der Waals surface area contributed by atoms with Crippen LogP contribution in [-0.2, 0) is 11.8 Å². The molecule has 2 aromatic rings. The van der Waals surface area contributed by atoms with Crippen molar-refractivity contribution in [2.24, 2.45) is 0 Å². The molecule has 0 unspecified atom stereocenters. The highest BCUT2D eigenvalue weighted by Gasteiger charge is 2.13. The Morgan fingerprint density at radius 1 is 1.00 bits per heavy atom. The van der Waals surface area contributed by atoms with Gasteiger partial charge in [0.15, 0.2) is 0 Å². The number of benzene rings is 2. The van der Waals surface area contributed by atoms with Crippen LogP contribution >= 0.6 is 0 Å². The Balaban J connectivity index is 1.93. The highest BCUT2D eigenvalue weighted by Crippen LogP contribution is 2.25. The predicted octanol–water partition coefficient (Wildman–Crippen LogP) is 4.19. The van der Waals surface area contributed by atoms with Crippen molar-refractivity contribution in [3.8, 4) is 5.75 Å². The second-order valence-electron chi connectivity index (χ2n) is 6.12. The topological polar surface area (TPSA) is 35.2 Å². The number of anilines is 1. The van der Waals surface area contributed by atoms with E-state index in [0.29, 0.717) is 6.61 Å². The molecule has 2 N–H and O–H groups in total. The smallest absolute Gasteiger partial charge is 0.119 e. The fourth-order valence-corrected chi connectivity index (χ4v) is 2.02. The molecule has 2 rings (SSSR count). The lowest BCUT2D eigenvalue weighted by Gasteiger charge is -2.19. The van der Waals surface area contributed by atoms with Crippen molar-refractivity contribution in [1.29, 1.82) is 0 Å². The maximum absolute atomic E-state index is 5.84. The number of nitrogen functional groups attached to an aromatic ring is 1. The first-order valence-electron chi connectivity index (χ1n) is 7.03. The summed E-state index contributed by atoms with van der Waals surface area (Å²) in [7, 11) is 0. The lowest BCUT2D eigenvalue weighted by atomic mass is 9.87. The molecule has 0 aromatic heterocycles. The summed E-state index contributed by atoms with van der Waals surface area (Å²) in [6, 6.07) is 16.3. The number of ether oxygens (including phenoxy) is 1. The van der Waals surface area contributed by atoms with Crippen molar-refractivity contribution in [3.05, 3.63) is 59.7 Å². The van der Waals surface area contributed by atoms with Gasteiger partial charge in [0.25, 0.3) is 0 Å². The molecule has 0 fully saturated rings. The third-order valence-corrected chi connectivity index (χ3v) is 3.34. The Bertz CT molecular complexity index is 552. The van der Waals surface area contributed by atoms with E-state index in [1.54, 1.807) is 0 Å². The highest BCUT2D eigenvalue weighted by atomic mass is 16.5. The van der Waals surface area contributed by atoms with Crippen molar-refractivity contribution >= 4 is 5.69 Å². The van der Waals surface area contributed by atoms with Crippen molar-refractivity contribution in [1.82, 2.24) is 0 Å². The zero-order valence-electron chi connectivity index (χ0n) is 12.5. The number of hydrogen-bond donors (Lipinski definition) is 1. The predicted molar refractivity (Wildman–Crippen MR) is 85.2 cm³/mol. The average Bonchev–Trinajstić information content (AvgIpc) is 2.40. The van der Waals surface area contributed by atoms with E-state index < -0.39 is 0 Å². The van der Waals surface area contributed by atoms with Crippen LogP contribution < -0.4 is 10.5 Å². The van der Waals surface area contributed by atoms with Crippen molar-refractivity contribution < 1.29 is 4.74 Å². The Kier molecular flexibility index (Phi) is 4.33. The van der Waals surface area contributed by atoms with Gasteiger partial charge in [-0.2, -0.15) is 0 Å². The number of nitrogens with two attached hydrogens (primary N) is 1. The third-order valence-electron chi connectivity index (χ3n) is 3.34. The van der Waals surface area contributed by atoms with Gasteiger partial charge in [-0.3, -0.25) is 0 Å². The minimum atomic E-state index is 0.149. The van der Waals surface area contributed by atoms with Crippen LogP contribution in [0.25, 0.3) is 0 Å². The molecule has 0 aliphatic heterocycles. The molecule has 2 heteroatoms. The Morgan fingerprint density at radius 3 is 2.35 bits per heavy atom. The van der Waals surface area contributed by atoms with E-state index >= 15 is 0 Å².